The van der Waals surface area contributed by atoms with E-state index in [0.717, 1.165) is 5.69 Å². The molecule has 35 heavy (non-hydrogen) atoms. The third kappa shape index (κ3) is 9.60. The van der Waals surface area contributed by atoms with Gasteiger partial charge in [-0.25, -0.2) is 9.78 Å². The molecule has 0 bridgehead atoms. The molecular formula is C25H31N7O3. The van der Waals surface area contributed by atoms with Crippen LogP contribution < -0.4 is 16.0 Å². The molecule has 2 aromatic rings. The molecule has 10 heteroatoms. The van der Waals surface area contributed by atoms with E-state index in [9.17, 15) is 9.59 Å². The summed E-state index contributed by atoms with van der Waals surface area (Å²) in [5, 5.41) is 17.8. The number of nitrogens with one attached hydrogen (secondary N) is 3. The van der Waals surface area contributed by atoms with Crippen LogP contribution in [-0.2, 0) is 9.53 Å². The summed E-state index contributed by atoms with van der Waals surface area (Å²) < 4.78 is 5.22. The smallest absolute Gasteiger partial charge is 0.410 e. The van der Waals surface area contributed by atoms with E-state index >= 15 is 0 Å². The molecule has 0 radical (unpaired) electrons. The number of carbonyl (C=O) groups excluding carboxylic acids is 2. The Morgan fingerprint density at radius 3 is 2.54 bits per heavy atom. The summed E-state index contributed by atoms with van der Waals surface area (Å²) in [5.41, 5.74) is 1.39. The van der Waals surface area contributed by atoms with Gasteiger partial charge in [-0.2, -0.15) is 10.2 Å². The van der Waals surface area contributed by atoms with Gasteiger partial charge in [-0.05, 0) is 51.5 Å². The molecule has 0 saturated carbocycles. The van der Waals surface area contributed by atoms with E-state index in [4.69, 9.17) is 10.00 Å². The van der Waals surface area contributed by atoms with Gasteiger partial charge in [0, 0.05) is 32.7 Å². The van der Waals surface area contributed by atoms with Gasteiger partial charge in [-0.15, -0.1) is 0 Å². The Kier molecular flexibility index (Phi) is 9.85. The number of nitriles is 1. The minimum atomic E-state index is -0.611. The van der Waals surface area contributed by atoms with Crippen molar-refractivity contribution in [2.75, 3.05) is 37.8 Å². The molecule has 2 amide bonds. The van der Waals surface area contributed by atoms with Crippen molar-refractivity contribution in [2.45, 2.75) is 39.2 Å². The van der Waals surface area contributed by atoms with Crippen LogP contribution in [0.1, 0.15) is 44.7 Å². The Balaban J connectivity index is 1.80. The zero-order valence-corrected chi connectivity index (χ0v) is 20.7. The van der Waals surface area contributed by atoms with Gasteiger partial charge in [0.05, 0.1) is 23.4 Å². The number of likely N-dealkylation sites (N-methyl/N-ethyl adjacent to an activating group) is 1. The first-order valence-corrected chi connectivity index (χ1v) is 11.1. The average molecular weight is 478 g/mol. The summed E-state index contributed by atoms with van der Waals surface area (Å²) in [6.07, 6.45) is 2.31. The highest BCUT2D eigenvalue weighted by Crippen LogP contribution is 2.17. The second kappa shape index (κ2) is 12.8. The Labute approximate surface area is 206 Å². The van der Waals surface area contributed by atoms with Crippen molar-refractivity contribution >= 4 is 29.5 Å². The lowest BCUT2D eigenvalue weighted by Crippen LogP contribution is -2.41. The van der Waals surface area contributed by atoms with E-state index < -0.39 is 11.7 Å². The molecule has 1 aromatic carbocycles. The molecule has 1 heterocycles. The quantitative estimate of drug-likeness (QED) is 0.390. The van der Waals surface area contributed by atoms with Crippen molar-refractivity contribution < 1.29 is 14.3 Å². The van der Waals surface area contributed by atoms with E-state index in [1.54, 1.807) is 58.3 Å². The van der Waals surface area contributed by atoms with Crippen LogP contribution in [0.3, 0.4) is 0 Å². The van der Waals surface area contributed by atoms with Crippen LogP contribution in [0.25, 0.3) is 0 Å². The van der Waals surface area contributed by atoms with Crippen molar-refractivity contribution in [3.8, 4) is 17.9 Å². The minimum absolute atomic E-state index is 0.0771. The predicted octanol–water partition coefficient (Wildman–Crippen LogP) is 3.25. The Morgan fingerprint density at radius 2 is 1.91 bits per heavy atom. The van der Waals surface area contributed by atoms with Crippen LogP contribution in [0.15, 0.2) is 30.5 Å². The van der Waals surface area contributed by atoms with Crippen molar-refractivity contribution in [1.82, 2.24) is 20.2 Å². The summed E-state index contributed by atoms with van der Waals surface area (Å²) >= 11 is 0. The molecule has 0 aliphatic rings. The second-order valence-corrected chi connectivity index (χ2v) is 8.61. The van der Waals surface area contributed by atoms with Crippen LogP contribution in [-0.4, -0.2) is 59.7 Å². The number of hydrogen-bond donors (Lipinski definition) is 3. The standard InChI is InChI=1S/C25H31N7O3/c1-25(2,3)35-24(34)32(5)17-21(33)28-14-8-6-7-9-19-16-29-23(31-22(19)27-4)30-20-12-10-18(15-26)11-13-20/h10-13,16H,6,8,14,17H2,1-5H3,(H,28,33)(H2,27,29,30,31). The molecule has 0 saturated heterocycles. The average Bonchev–Trinajstić information content (AvgIpc) is 2.81. The van der Waals surface area contributed by atoms with Crippen molar-refractivity contribution in [2.24, 2.45) is 0 Å². The van der Waals surface area contributed by atoms with E-state index in [-0.39, 0.29) is 12.5 Å². The first-order valence-electron chi connectivity index (χ1n) is 11.1. The van der Waals surface area contributed by atoms with Crippen molar-refractivity contribution in [1.29, 1.82) is 5.26 Å². The number of ether oxygens (including phenoxy) is 1. The minimum Gasteiger partial charge on any atom is -0.444 e. The highest BCUT2D eigenvalue weighted by molar-refractivity contribution is 5.82. The summed E-state index contributed by atoms with van der Waals surface area (Å²) in [6, 6.07) is 9.06. The molecule has 10 nitrogen and oxygen atoms in total. The van der Waals surface area contributed by atoms with Gasteiger partial charge in [0.1, 0.15) is 18.0 Å². The SMILES string of the molecule is CNc1nc(Nc2ccc(C#N)cc2)ncc1C#CCCCNC(=O)CN(C)C(=O)OC(C)(C)C. The maximum absolute atomic E-state index is 12.0. The molecule has 2 rings (SSSR count). The number of nitrogens with zero attached hydrogens (tertiary/aromatic N) is 4. The zero-order chi connectivity index (χ0) is 25.8. The second-order valence-electron chi connectivity index (χ2n) is 8.61. The molecule has 1 aromatic heterocycles. The number of rotatable bonds is 8. The highest BCUT2D eigenvalue weighted by atomic mass is 16.6. The molecule has 0 fully saturated rings. The molecule has 3 N–H and O–H groups in total. The van der Waals surface area contributed by atoms with Crippen LogP contribution in [0.4, 0.5) is 22.2 Å². The Morgan fingerprint density at radius 1 is 1.20 bits per heavy atom. The fourth-order valence-electron chi connectivity index (χ4n) is 2.72. The van der Waals surface area contributed by atoms with Crippen LogP contribution >= 0.6 is 0 Å². The number of carbonyl (C=O) groups is 2. The van der Waals surface area contributed by atoms with E-state index in [1.165, 1.54) is 11.9 Å². The van der Waals surface area contributed by atoms with Crippen molar-refractivity contribution in [3.05, 3.63) is 41.6 Å². The van der Waals surface area contributed by atoms with Crippen LogP contribution in [0.2, 0.25) is 0 Å². The fourth-order valence-corrected chi connectivity index (χ4v) is 2.72. The van der Waals surface area contributed by atoms with E-state index in [0.29, 0.717) is 42.3 Å². The van der Waals surface area contributed by atoms with Gasteiger partial charge >= 0.3 is 6.09 Å². The molecule has 0 spiro atoms. The van der Waals surface area contributed by atoms with Crippen LogP contribution in [0.5, 0.6) is 0 Å². The third-order valence-corrected chi connectivity index (χ3v) is 4.41. The van der Waals surface area contributed by atoms with Crippen LogP contribution in [0, 0.1) is 23.2 Å². The summed E-state index contributed by atoms with van der Waals surface area (Å²) in [7, 11) is 3.27. The van der Waals surface area contributed by atoms with Crippen molar-refractivity contribution in [3.63, 3.8) is 0 Å². The summed E-state index contributed by atoms with van der Waals surface area (Å²) in [5.74, 6) is 6.83. The molecule has 0 atom stereocenters. The van der Waals surface area contributed by atoms with Gasteiger partial charge < -0.3 is 25.6 Å². The Hall–Kier alpha value is -4.31. The zero-order valence-electron chi connectivity index (χ0n) is 20.7. The van der Waals surface area contributed by atoms with Gasteiger partial charge in [0.2, 0.25) is 11.9 Å². The fraction of sp³-hybridized carbons (Fsp3) is 0.400. The molecule has 0 aliphatic heterocycles. The lowest BCUT2D eigenvalue weighted by Gasteiger charge is -2.24. The molecule has 184 valence electrons. The summed E-state index contributed by atoms with van der Waals surface area (Å²) in [4.78, 5) is 33.9. The van der Waals surface area contributed by atoms with Gasteiger partial charge in [-0.3, -0.25) is 4.79 Å². The monoisotopic (exact) mass is 477 g/mol. The van der Waals surface area contributed by atoms with Gasteiger partial charge in [0.15, 0.2) is 0 Å². The highest BCUT2D eigenvalue weighted by Gasteiger charge is 2.20. The number of anilines is 3. The summed E-state index contributed by atoms with van der Waals surface area (Å²) in [6.45, 7) is 5.68. The predicted molar refractivity (Wildman–Crippen MR) is 134 cm³/mol. The molecular weight excluding hydrogens is 446 g/mol. The van der Waals surface area contributed by atoms with E-state index in [2.05, 4.69) is 43.8 Å². The number of unbranched alkanes of at least 4 members (excludes halogenated alkanes) is 1. The number of amides is 2. The number of benzene rings is 1. The lowest BCUT2D eigenvalue weighted by atomic mass is 10.2. The number of aromatic nitrogens is 2. The van der Waals surface area contributed by atoms with E-state index in [1.807, 2.05) is 0 Å². The first kappa shape index (κ1) is 26.9. The third-order valence-electron chi connectivity index (χ3n) is 4.41. The topological polar surface area (TPSA) is 132 Å². The maximum Gasteiger partial charge on any atom is 0.410 e. The lowest BCUT2D eigenvalue weighted by molar-refractivity contribution is -0.122. The first-order chi connectivity index (χ1) is 16.6. The normalized spacial score (nSPS) is 10.3. The Bertz CT molecular complexity index is 1120. The maximum atomic E-state index is 12.0. The molecule has 0 aliphatic carbocycles. The largest absolute Gasteiger partial charge is 0.444 e. The number of hydrogen-bond acceptors (Lipinski definition) is 8. The van der Waals surface area contributed by atoms with Gasteiger partial charge in [-0.1, -0.05) is 11.8 Å². The molecule has 0 unspecified atom stereocenters. The van der Waals surface area contributed by atoms with Gasteiger partial charge in [0.25, 0.3) is 0 Å².